The molecule has 0 saturated heterocycles. The quantitative estimate of drug-likeness (QED) is 0.156. The first-order valence-corrected chi connectivity index (χ1v) is 25.2. The summed E-state index contributed by atoms with van der Waals surface area (Å²) >= 11 is 0. The number of rotatable bonds is 4. The molecule has 0 amide bonds. The summed E-state index contributed by atoms with van der Waals surface area (Å²) in [7, 11) is -2.91. The zero-order valence-electron chi connectivity index (χ0n) is 36.4. The molecular weight excluding hydrogens is 788 g/mol. The van der Waals surface area contributed by atoms with Gasteiger partial charge < -0.3 is 9.13 Å². The minimum atomic E-state index is -2.91. The maximum Gasteiger partial charge on any atom is 0.253 e. The van der Waals surface area contributed by atoms with Crippen molar-refractivity contribution in [1.82, 2.24) is 9.13 Å². The molecule has 15 rings (SSSR count). The summed E-state index contributed by atoms with van der Waals surface area (Å²) in [5.74, 6) is 0.752. The molecule has 11 aromatic rings. The van der Waals surface area contributed by atoms with Gasteiger partial charge >= 0.3 is 0 Å². The summed E-state index contributed by atoms with van der Waals surface area (Å²) in [6, 6.07) is 68.7. The Morgan fingerprint density at radius 3 is 1.75 bits per heavy atom. The number of benzene rings is 9. The van der Waals surface area contributed by atoms with E-state index in [0.717, 1.165) is 0 Å². The van der Waals surface area contributed by atoms with Gasteiger partial charge in [0.05, 0.1) is 16.7 Å². The average Bonchev–Trinajstić information content (AvgIpc) is 3.96. The van der Waals surface area contributed by atoms with Crippen molar-refractivity contribution in [2.75, 3.05) is 0 Å². The molecule has 4 aliphatic rings. The number of nitrogens with zero attached hydrogens (tertiary/aromatic N) is 2. The first kappa shape index (κ1) is 35.3. The second-order valence-corrected chi connectivity index (χ2v) is 23.1. The molecule has 0 fully saturated rings. The van der Waals surface area contributed by atoms with Crippen LogP contribution in [0.4, 0.5) is 0 Å². The van der Waals surface area contributed by atoms with E-state index in [2.05, 4.69) is 213 Å². The van der Waals surface area contributed by atoms with E-state index in [0.29, 0.717) is 11.8 Å². The fourth-order valence-corrected chi connectivity index (χ4v) is 18.8. The Kier molecular flexibility index (Phi) is 6.68. The molecule has 1 spiro atoms. The average molecular weight is 831 g/mol. The Balaban J connectivity index is 1.24. The fraction of sp³-hybridized carbons (Fsp3) is 0.100. The third kappa shape index (κ3) is 4.02. The van der Waals surface area contributed by atoms with Crippen molar-refractivity contribution in [3.8, 4) is 44.9 Å². The first-order valence-electron chi connectivity index (χ1n) is 23.2. The van der Waals surface area contributed by atoms with Crippen LogP contribution in [-0.4, -0.2) is 23.9 Å². The molecule has 0 saturated carbocycles. The van der Waals surface area contributed by atoms with Gasteiger partial charge in [-0.15, -0.1) is 0 Å². The van der Waals surface area contributed by atoms with Crippen molar-refractivity contribution in [1.29, 1.82) is 0 Å². The van der Waals surface area contributed by atoms with Gasteiger partial charge in [0, 0.05) is 38.6 Å². The highest BCUT2D eigenvalue weighted by Crippen LogP contribution is 2.48. The van der Waals surface area contributed by atoms with Crippen molar-refractivity contribution < 1.29 is 0 Å². The third-order valence-electron chi connectivity index (χ3n) is 15.8. The molecule has 0 N–H and O–H groups in total. The normalized spacial score (nSPS) is 14.3. The Morgan fingerprint density at radius 1 is 0.438 bits per heavy atom. The summed E-state index contributed by atoms with van der Waals surface area (Å²) in [6.45, 7) is 9.55. The van der Waals surface area contributed by atoms with Gasteiger partial charge in [0.15, 0.2) is 8.07 Å². The van der Waals surface area contributed by atoms with Crippen LogP contribution in [0.25, 0.3) is 88.4 Å². The molecule has 300 valence electrons. The summed E-state index contributed by atoms with van der Waals surface area (Å²) < 4.78 is 5.51. The van der Waals surface area contributed by atoms with Gasteiger partial charge in [-0.2, -0.15) is 0 Å². The van der Waals surface area contributed by atoms with Gasteiger partial charge in [-0.1, -0.05) is 179 Å². The minimum absolute atomic E-state index is 0.0234. The largest absolute Gasteiger partial charge is 0.310 e. The van der Waals surface area contributed by atoms with E-state index in [4.69, 9.17) is 0 Å². The predicted octanol–water partition coefficient (Wildman–Crippen LogP) is 10.3. The fourth-order valence-electron chi connectivity index (χ4n) is 13.2. The van der Waals surface area contributed by atoms with Crippen molar-refractivity contribution in [3.05, 3.63) is 187 Å². The van der Waals surface area contributed by atoms with Crippen LogP contribution in [0.2, 0.25) is 0 Å². The van der Waals surface area contributed by atoms with Crippen LogP contribution in [0.5, 0.6) is 0 Å². The van der Waals surface area contributed by atoms with Crippen molar-refractivity contribution in [2.45, 2.75) is 39.5 Å². The monoisotopic (exact) mass is 830 g/mol. The van der Waals surface area contributed by atoms with Crippen molar-refractivity contribution in [3.63, 3.8) is 0 Å². The zero-order valence-corrected chi connectivity index (χ0v) is 37.4. The molecule has 0 radical (unpaired) electrons. The number of fused-ring (bicyclic) bond motifs is 13. The van der Waals surface area contributed by atoms with Crippen molar-refractivity contribution in [2.24, 2.45) is 0 Å². The third-order valence-corrected chi connectivity index (χ3v) is 20.7. The standard InChI is InChI=1S/C60H43BN2Si/c1-34(2)39-30-44-45-31-40(35(3)4)33-52-58(45)63-57(44)47(32-39)61-54-41-22-12-11-21-38(41)29-46-53(36-17-7-5-8-18-36)56(37-19-9-6-10-20-37)62(59(46)54)48-27-28-51(60(63)55(48)61)64(52)49-25-15-13-23-42(49)43-24-14-16-26-50(43)64/h5-35H,1-4H3. The SMILES string of the molecule is CC(C)c1cc2c3c(c1)c1cc(C(C)C)cc4c1n3-c1c(ccc3c1B2c1c2ccccc2cc2c(-c5ccccc5)c(-c5ccccc5)n-3c12)[Si]41c2ccccc2-c2ccccc21. The van der Waals surface area contributed by atoms with Crippen LogP contribution >= 0.6 is 0 Å². The predicted molar refractivity (Wildman–Crippen MR) is 275 cm³/mol. The first-order chi connectivity index (χ1) is 31.4. The number of aromatic nitrogens is 2. The Labute approximate surface area is 374 Å². The summed E-state index contributed by atoms with van der Waals surface area (Å²) in [6.07, 6.45) is 0. The Hall–Kier alpha value is -7.14. The molecule has 9 aromatic carbocycles. The van der Waals surface area contributed by atoms with E-state index in [9.17, 15) is 0 Å². The Morgan fingerprint density at radius 2 is 1.05 bits per heavy atom. The number of hydrogen-bond donors (Lipinski definition) is 0. The topological polar surface area (TPSA) is 9.86 Å². The summed E-state index contributed by atoms with van der Waals surface area (Å²) in [4.78, 5) is 0. The molecular formula is C60H43BN2Si. The molecule has 4 heteroatoms. The van der Waals surface area contributed by atoms with Gasteiger partial charge in [0.25, 0.3) is 6.71 Å². The molecule has 0 atom stereocenters. The summed E-state index contributed by atoms with van der Waals surface area (Å²) in [5, 5.41) is 12.9. The van der Waals surface area contributed by atoms with Crippen molar-refractivity contribution >= 4 is 95.4 Å². The van der Waals surface area contributed by atoms with Gasteiger partial charge in [-0.05, 0) is 117 Å². The minimum Gasteiger partial charge on any atom is -0.310 e. The van der Waals surface area contributed by atoms with Crippen LogP contribution in [0, 0.1) is 0 Å². The van der Waals surface area contributed by atoms with Crippen LogP contribution in [0.1, 0.15) is 50.7 Å². The highest BCUT2D eigenvalue weighted by atomic mass is 28.3. The smallest absolute Gasteiger partial charge is 0.253 e. The van der Waals surface area contributed by atoms with Crippen LogP contribution in [0.3, 0.4) is 0 Å². The highest BCUT2D eigenvalue weighted by molar-refractivity contribution is 7.24. The molecule has 2 aromatic heterocycles. The van der Waals surface area contributed by atoms with Gasteiger partial charge in [0.2, 0.25) is 0 Å². The van der Waals surface area contributed by atoms with Gasteiger partial charge in [0.1, 0.15) is 0 Å². The van der Waals surface area contributed by atoms with E-state index < -0.39 is 8.07 Å². The lowest BCUT2D eigenvalue weighted by molar-refractivity contribution is 0.869. The number of hydrogen-bond acceptors (Lipinski definition) is 0. The molecule has 2 nitrogen and oxygen atoms in total. The van der Waals surface area contributed by atoms with Gasteiger partial charge in [-0.25, -0.2) is 0 Å². The van der Waals surface area contributed by atoms with Crippen LogP contribution < -0.4 is 37.1 Å². The zero-order chi connectivity index (χ0) is 42.3. The second kappa shape index (κ2) is 12.1. The summed E-state index contributed by atoms with van der Waals surface area (Å²) in [5.41, 5.74) is 21.9. The lowest BCUT2D eigenvalue weighted by Crippen LogP contribution is -2.77. The van der Waals surface area contributed by atoms with E-state index in [1.54, 1.807) is 5.19 Å². The van der Waals surface area contributed by atoms with E-state index in [-0.39, 0.29) is 6.71 Å². The molecule has 6 heterocycles. The highest BCUT2D eigenvalue weighted by Gasteiger charge is 2.56. The Bertz CT molecular complexity index is 3860. The second-order valence-electron chi connectivity index (χ2n) is 19.5. The lowest BCUT2D eigenvalue weighted by Gasteiger charge is -2.43. The van der Waals surface area contributed by atoms with Crippen LogP contribution in [-0.2, 0) is 0 Å². The molecule has 4 aliphatic heterocycles. The molecule has 0 aliphatic carbocycles. The molecule has 0 bridgehead atoms. The molecule has 64 heavy (non-hydrogen) atoms. The maximum absolute atomic E-state index is 2.91. The maximum atomic E-state index is 2.80. The van der Waals surface area contributed by atoms with E-state index in [1.807, 2.05) is 0 Å². The van der Waals surface area contributed by atoms with Gasteiger partial charge in [-0.3, -0.25) is 0 Å². The van der Waals surface area contributed by atoms with Crippen LogP contribution in [0.15, 0.2) is 176 Å². The molecule has 0 unspecified atom stereocenters. The van der Waals surface area contributed by atoms with E-state index >= 15 is 0 Å². The van der Waals surface area contributed by atoms with E-state index in [1.165, 1.54) is 131 Å². The lowest BCUT2D eigenvalue weighted by atomic mass is 9.33.